The van der Waals surface area contributed by atoms with E-state index >= 15 is 0 Å². The first-order chi connectivity index (χ1) is 10.8. The van der Waals surface area contributed by atoms with Crippen molar-refractivity contribution in [2.45, 2.75) is 84.7 Å². The Morgan fingerprint density at radius 3 is 1.86 bits per heavy atom. The first-order valence-electron chi connectivity index (χ1n) is 9.08. The molecule has 0 bridgehead atoms. The first-order valence-corrected chi connectivity index (χ1v) is 9.08. The van der Waals surface area contributed by atoms with E-state index in [0.29, 0.717) is 6.61 Å². The van der Waals surface area contributed by atoms with Crippen LogP contribution in [-0.4, -0.2) is 12.7 Å². The quantitative estimate of drug-likeness (QED) is 0.194. The van der Waals surface area contributed by atoms with Crippen molar-refractivity contribution in [2.24, 2.45) is 0 Å². The molecule has 0 saturated heterocycles. The van der Waals surface area contributed by atoms with Crippen molar-refractivity contribution >= 4 is 0 Å². The summed E-state index contributed by atoms with van der Waals surface area (Å²) in [5.41, 5.74) is 0. The summed E-state index contributed by atoms with van der Waals surface area (Å²) >= 11 is 0. The van der Waals surface area contributed by atoms with E-state index in [4.69, 9.17) is 9.47 Å². The SMILES string of the molecule is CCCCC=COCC(C=CCCCC)OC=CCCCC. The van der Waals surface area contributed by atoms with Gasteiger partial charge in [-0.15, -0.1) is 0 Å². The maximum atomic E-state index is 5.77. The van der Waals surface area contributed by atoms with Gasteiger partial charge >= 0.3 is 0 Å². The lowest BCUT2D eigenvalue weighted by atomic mass is 10.2. The van der Waals surface area contributed by atoms with Crippen LogP contribution in [0.15, 0.2) is 36.8 Å². The van der Waals surface area contributed by atoms with Crippen molar-refractivity contribution in [3.63, 3.8) is 0 Å². The molecule has 2 nitrogen and oxygen atoms in total. The van der Waals surface area contributed by atoms with Crippen molar-refractivity contribution in [1.29, 1.82) is 0 Å². The molecule has 2 heteroatoms. The summed E-state index contributed by atoms with van der Waals surface area (Å²) in [6.45, 7) is 7.18. The molecule has 0 aromatic heterocycles. The molecule has 22 heavy (non-hydrogen) atoms. The molecule has 1 unspecified atom stereocenters. The summed E-state index contributed by atoms with van der Waals surface area (Å²) < 4.78 is 11.4. The molecule has 0 aromatic rings. The Morgan fingerprint density at radius 2 is 1.27 bits per heavy atom. The van der Waals surface area contributed by atoms with Gasteiger partial charge in [-0.25, -0.2) is 0 Å². The van der Waals surface area contributed by atoms with Gasteiger partial charge in [0, 0.05) is 0 Å². The second kappa shape index (κ2) is 17.9. The highest BCUT2D eigenvalue weighted by Gasteiger charge is 2.02. The molecular weight excluding hydrogens is 272 g/mol. The van der Waals surface area contributed by atoms with Crippen molar-refractivity contribution < 1.29 is 9.47 Å². The Kier molecular flexibility index (Phi) is 16.9. The van der Waals surface area contributed by atoms with Gasteiger partial charge in [0.2, 0.25) is 0 Å². The number of ether oxygens (including phenoxy) is 2. The molecule has 0 aliphatic heterocycles. The van der Waals surface area contributed by atoms with E-state index in [-0.39, 0.29) is 6.10 Å². The highest BCUT2D eigenvalue weighted by molar-refractivity contribution is 4.92. The van der Waals surface area contributed by atoms with Gasteiger partial charge in [-0.2, -0.15) is 0 Å². The Morgan fingerprint density at radius 1 is 0.727 bits per heavy atom. The molecule has 0 spiro atoms. The smallest absolute Gasteiger partial charge is 0.150 e. The van der Waals surface area contributed by atoms with Crippen LogP contribution < -0.4 is 0 Å². The van der Waals surface area contributed by atoms with Crippen molar-refractivity contribution in [1.82, 2.24) is 0 Å². The summed E-state index contributed by atoms with van der Waals surface area (Å²) in [7, 11) is 0. The van der Waals surface area contributed by atoms with Gasteiger partial charge in [-0.3, -0.25) is 0 Å². The monoisotopic (exact) mass is 308 g/mol. The van der Waals surface area contributed by atoms with Gasteiger partial charge in [0.1, 0.15) is 12.7 Å². The lowest BCUT2D eigenvalue weighted by Crippen LogP contribution is -2.13. The van der Waals surface area contributed by atoms with Gasteiger partial charge in [0.15, 0.2) is 0 Å². The van der Waals surface area contributed by atoms with Crippen LogP contribution >= 0.6 is 0 Å². The zero-order valence-electron chi connectivity index (χ0n) is 14.9. The molecular formula is C20H36O2. The number of hydrogen-bond acceptors (Lipinski definition) is 2. The molecule has 0 saturated carbocycles. The summed E-state index contributed by atoms with van der Waals surface area (Å²) in [6, 6.07) is 0. The van der Waals surface area contributed by atoms with E-state index in [2.05, 4.69) is 45.1 Å². The first kappa shape index (κ1) is 20.8. The van der Waals surface area contributed by atoms with Crippen LogP contribution in [0.5, 0.6) is 0 Å². The average molecular weight is 309 g/mol. The van der Waals surface area contributed by atoms with Crippen LogP contribution in [0.1, 0.15) is 78.6 Å². The van der Waals surface area contributed by atoms with Crippen LogP contribution in [0.4, 0.5) is 0 Å². The Labute approximate surface area is 138 Å². The lowest BCUT2D eigenvalue weighted by molar-refractivity contribution is 0.0994. The highest BCUT2D eigenvalue weighted by Crippen LogP contribution is 2.04. The fourth-order valence-corrected chi connectivity index (χ4v) is 1.87. The Hall–Kier alpha value is -1.18. The van der Waals surface area contributed by atoms with E-state index in [9.17, 15) is 0 Å². The third-order valence-corrected chi connectivity index (χ3v) is 3.33. The minimum atomic E-state index is 0.00515. The van der Waals surface area contributed by atoms with Crippen LogP contribution in [0.2, 0.25) is 0 Å². The van der Waals surface area contributed by atoms with Gasteiger partial charge in [0.05, 0.1) is 12.5 Å². The summed E-state index contributed by atoms with van der Waals surface area (Å²) in [5.74, 6) is 0. The van der Waals surface area contributed by atoms with Crippen LogP contribution in [-0.2, 0) is 9.47 Å². The normalized spacial score (nSPS) is 13.4. The second-order valence-corrected chi connectivity index (χ2v) is 5.61. The van der Waals surface area contributed by atoms with E-state index in [1.807, 2.05) is 12.5 Å². The zero-order valence-corrected chi connectivity index (χ0v) is 14.9. The largest absolute Gasteiger partial charge is 0.497 e. The standard InChI is InChI=1S/C20H36O2/c1-4-7-10-13-16-20(22-18-15-12-9-6-3)19-21-17-14-11-8-5-2/h13-18,20H,4-12,19H2,1-3H3. The van der Waals surface area contributed by atoms with E-state index in [1.54, 1.807) is 0 Å². The van der Waals surface area contributed by atoms with Crippen molar-refractivity contribution in [3.05, 3.63) is 36.8 Å². The number of hydrogen-bond donors (Lipinski definition) is 0. The zero-order chi connectivity index (χ0) is 16.3. The van der Waals surface area contributed by atoms with Crippen molar-refractivity contribution in [3.8, 4) is 0 Å². The summed E-state index contributed by atoms with van der Waals surface area (Å²) in [5, 5.41) is 0. The van der Waals surface area contributed by atoms with Crippen molar-refractivity contribution in [2.75, 3.05) is 6.61 Å². The fraction of sp³-hybridized carbons (Fsp3) is 0.700. The van der Waals surface area contributed by atoms with E-state index < -0.39 is 0 Å². The fourth-order valence-electron chi connectivity index (χ4n) is 1.87. The van der Waals surface area contributed by atoms with Gasteiger partial charge in [-0.1, -0.05) is 52.5 Å². The van der Waals surface area contributed by atoms with Gasteiger partial charge in [-0.05, 0) is 50.3 Å². The molecule has 0 radical (unpaired) electrons. The maximum Gasteiger partial charge on any atom is 0.150 e. The number of unbranched alkanes of at least 4 members (excludes halogenated alkanes) is 6. The maximum absolute atomic E-state index is 5.77. The van der Waals surface area contributed by atoms with Gasteiger partial charge < -0.3 is 9.47 Å². The molecule has 0 N–H and O–H groups in total. The molecule has 0 heterocycles. The Balaban J connectivity index is 4.06. The van der Waals surface area contributed by atoms with Gasteiger partial charge in [0.25, 0.3) is 0 Å². The molecule has 1 atom stereocenters. The van der Waals surface area contributed by atoms with E-state index in [0.717, 1.165) is 19.3 Å². The minimum absolute atomic E-state index is 0.00515. The predicted octanol–water partition coefficient (Wildman–Crippen LogP) is 6.54. The molecule has 0 aromatic carbocycles. The molecule has 128 valence electrons. The molecule has 0 amide bonds. The van der Waals surface area contributed by atoms with E-state index in [1.165, 1.54) is 38.5 Å². The minimum Gasteiger partial charge on any atom is -0.497 e. The molecule has 0 aliphatic rings. The third-order valence-electron chi connectivity index (χ3n) is 3.33. The van der Waals surface area contributed by atoms with Crippen LogP contribution in [0.3, 0.4) is 0 Å². The predicted molar refractivity (Wildman–Crippen MR) is 96.8 cm³/mol. The second-order valence-electron chi connectivity index (χ2n) is 5.61. The average Bonchev–Trinajstić information content (AvgIpc) is 2.53. The topological polar surface area (TPSA) is 18.5 Å². The third kappa shape index (κ3) is 15.2. The molecule has 0 fully saturated rings. The highest BCUT2D eigenvalue weighted by atomic mass is 16.5. The Bertz CT molecular complexity index is 292. The summed E-state index contributed by atoms with van der Waals surface area (Å²) in [4.78, 5) is 0. The molecule has 0 rings (SSSR count). The number of allylic oxidation sites excluding steroid dienone is 3. The molecule has 0 aliphatic carbocycles. The number of rotatable bonds is 15. The summed E-state index contributed by atoms with van der Waals surface area (Å²) in [6.07, 6.45) is 22.8. The van der Waals surface area contributed by atoms with Crippen LogP contribution in [0.25, 0.3) is 0 Å². The lowest BCUT2D eigenvalue weighted by Gasteiger charge is -2.12. The van der Waals surface area contributed by atoms with Crippen LogP contribution in [0, 0.1) is 0 Å².